The second-order valence-corrected chi connectivity index (χ2v) is 8.10. The van der Waals surface area contributed by atoms with Crippen molar-refractivity contribution in [3.8, 4) is 0 Å². The fourth-order valence-electron chi connectivity index (χ4n) is 4.67. The van der Waals surface area contributed by atoms with E-state index in [4.69, 9.17) is 0 Å². The summed E-state index contributed by atoms with van der Waals surface area (Å²) in [5.41, 5.74) is 5.46. The van der Waals surface area contributed by atoms with Gasteiger partial charge in [0.2, 0.25) is 5.91 Å². The predicted molar refractivity (Wildman–Crippen MR) is 115 cm³/mol. The molecule has 0 saturated heterocycles. The first-order chi connectivity index (χ1) is 14.1. The number of nitrogens with one attached hydrogen (secondary N) is 1. The zero-order chi connectivity index (χ0) is 20.0. The van der Waals surface area contributed by atoms with Gasteiger partial charge >= 0.3 is 0 Å². The molecule has 1 heterocycles. The van der Waals surface area contributed by atoms with E-state index in [9.17, 15) is 9.59 Å². The van der Waals surface area contributed by atoms with Crippen molar-refractivity contribution in [3.05, 3.63) is 76.9 Å². The molecule has 3 aromatic rings. The van der Waals surface area contributed by atoms with E-state index >= 15 is 0 Å². The van der Waals surface area contributed by atoms with Crippen LogP contribution in [0.4, 0.5) is 5.69 Å². The molecule has 0 saturated carbocycles. The summed E-state index contributed by atoms with van der Waals surface area (Å²) in [5, 5.41) is 5.04. The molecule has 3 aromatic carbocycles. The van der Waals surface area contributed by atoms with Crippen LogP contribution >= 0.6 is 0 Å². The number of fused-ring (bicyclic) bond motifs is 1. The summed E-state index contributed by atoms with van der Waals surface area (Å²) in [5.74, 6) is -0.248. The number of aryl methyl sites for hydroxylation is 2. The van der Waals surface area contributed by atoms with Crippen molar-refractivity contribution in [1.82, 2.24) is 5.32 Å². The van der Waals surface area contributed by atoms with Crippen LogP contribution in [0, 0.1) is 0 Å². The van der Waals surface area contributed by atoms with Gasteiger partial charge in [-0.25, -0.2) is 0 Å². The Hall–Kier alpha value is -3.14. The molecule has 0 radical (unpaired) electrons. The minimum Gasteiger partial charge on any atom is -0.348 e. The largest absolute Gasteiger partial charge is 0.348 e. The Labute approximate surface area is 170 Å². The average Bonchev–Trinajstić information content (AvgIpc) is 3.01. The first-order valence-corrected chi connectivity index (χ1v) is 10.4. The molecular formula is C25H24N2O2. The topological polar surface area (TPSA) is 49.4 Å². The van der Waals surface area contributed by atoms with E-state index in [1.165, 1.54) is 24.0 Å². The number of anilines is 1. The first-order valence-electron chi connectivity index (χ1n) is 10.4. The summed E-state index contributed by atoms with van der Waals surface area (Å²) in [7, 11) is 0. The molecule has 4 heteroatoms. The number of rotatable bonds is 4. The van der Waals surface area contributed by atoms with Crippen molar-refractivity contribution < 1.29 is 9.59 Å². The van der Waals surface area contributed by atoms with Crippen LogP contribution in [0.2, 0.25) is 0 Å². The van der Waals surface area contributed by atoms with Crippen molar-refractivity contribution in [2.75, 3.05) is 11.4 Å². The third-order valence-electron chi connectivity index (χ3n) is 6.20. The fourth-order valence-corrected chi connectivity index (χ4v) is 4.67. The molecule has 1 atom stereocenters. The second-order valence-electron chi connectivity index (χ2n) is 8.10. The lowest BCUT2D eigenvalue weighted by molar-refractivity contribution is -0.120. The maximum absolute atomic E-state index is 12.9. The zero-order valence-corrected chi connectivity index (χ0v) is 16.6. The van der Waals surface area contributed by atoms with Crippen molar-refractivity contribution in [2.45, 2.75) is 38.6 Å². The molecule has 1 aliphatic carbocycles. The lowest BCUT2D eigenvalue weighted by Gasteiger charge is -2.22. The molecule has 146 valence electrons. The van der Waals surface area contributed by atoms with Crippen LogP contribution in [0.1, 0.15) is 52.9 Å². The molecule has 0 spiro atoms. The Morgan fingerprint density at radius 1 is 1.03 bits per heavy atom. The highest BCUT2D eigenvalue weighted by atomic mass is 16.2. The van der Waals surface area contributed by atoms with Crippen LogP contribution in [-0.2, 0) is 17.6 Å². The molecule has 2 amide bonds. The number of carbonyl (C=O) groups is 2. The van der Waals surface area contributed by atoms with E-state index < -0.39 is 0 Å². The van der Waals surface area contributed by atoms with Gasteiger partial charge in [0.1, 0.15) is 6.54 Å². The third kappa shape index (κ3) is 3.09. The molecule has 5 rings (SSSR count). The molecule has 0 fully saturated rings. The van der Waals surface area contributed by atoms with Gasteiger partial charge in [-0.1, -0.05) is 42.5 Å². The van der Waals surface area contributed by atoms with Gasteiger partial charge in [-0.05, 0) is 66.8 Å². The molecule has 1 aliphatic heterocycles. The summed E-state index contributed by atoms with van der Waals surface area (Å²) in [6, 6.07) is 18.0. The minimum absolute atomic E-state index is 0.0297. The summed E-state index contributed by atoms with van der Waals surface area (Å²) in [4.78, 5) is 27.2. The summed E-state index contributed by atoms with van der Waals surface area (Å²) in [6.07, 6.45) is 4.77. The van der Waals surface area contributed by atoms with Crippen LogP contribution in [0.3, 0.4) is 0 Å². The second kappa shape index (κ2) is 7.03. The van der Waals surface area contributed by atoms with E-state index in [2.05, 4.69) is 23.5 Å². The predicted octanol–water partition coefficient (Wildman–Crippen LogP) is 4.56. The summed E-state index contributed by atoms with van der Waals surface area (Å²) in [6.45, 7) is 2.03. The van der Waals surface area contributed by atoms with Crippen LogP contribution in [0.25, 0.3) is 10.8 Å². The van der Waals surface area contributed by atoms with Crippen molar-refractivity contribution in [3.63, 3.8) is 0 Å². The number of amides is 2. The van der Waals surface area contributed by atoms with Gasteiger partial charge in [0.25, 0.3) is 5.91 Å². The monoisotopic (exact) mass is 384 g/mol. The van der Waals surface area contributed by atoms with Crippen LogP contribution < -0.4 is 10.2 Å². The molecule has 0 unspecified atom stereocenters. The molecule has 0 bridgehead atoms. The molecular weight excluding hydrogens is 360 g/mol. The number of benzene rings is 3. The SMILES string of the molecule is C[C@H](NC(=O)CN1C(=O)c2cccc3cccc1c23)c1ccc2c(c1)CCCC2. The Morgan fingerprint density at radius 3 is 2.62 bits per heavy atom. The van der Waals surface area contributed by atoms with E-state index in [1.54, 1.807) is 4.90 Å². The number of hydrogen-bond donors (Lipinski definition) is 1. The number of nitrogens with zero attached hydrogens (tertiary/aromatic N) is 1. The summed E-state index contributed by atoms with van der Waals surface area (Å²) < 4.78 is 0. The fraction of sp³-hybridized carbons (Fsp3) is 0.280. The third-order valence-corrected chi connectivity index (χ3v) is 6.20. The van der Waals surface area contributed by atoms with E-state index in [1.807, 2.05) is 43.3 Å². The highest BCUT2D eigenvalue weighted by molar-refractivity contribution is 6.26. The van der Waals surface area contributed by atoms with Crippen molar-refractivity contribution in [2.24, 2.45) is 0 Å². The molecule has 2 aliphatic rings. The normalized spacial score (nSPS) is 16.0. The molecule has 4 nitrogen and oxygen atoms in total. The minimum atomic E-state index is -0.145. The lowest BCUT2D eigenvalue weighted by Crippen LogP contribution is -2.39. The van der Waals surface area contributed by atoms with Gasteiger partial charge in [-0.3, -0.25) is 14.5 Å². The highest BCUT2D eigenvalue weighted by Gasteiger charge is 2.31. The van der Waals surface area contributed by atoms with Crippen molar-refractivity contribution in [1.29, 1.82) is 0 Å². The standard InChI is InChI=1S/C25H24N2O2/c1-16(19-13-12-17-6-2-3-7-20(17)14-19)26-23(28)15-27-22-11-5-9-18-8-4-10-21(24(18)22)25(27)29/h4-5,8-14,16H,2-3,6-7,15H2,1H3,(H,26,28)/t16-/m0/s1. The zero-order valence-electron chi connectivity index (χ0n) is 16.6. The van der Waals surface area contributed by atoms with E-state index in [0.717, 1.165) is 34.9 Å². The Balaban J connectivity index is 1.33. The van der Waals surface area contributed by atoms with Gasteiger partial charge in [-0.15, -0.1) is 0 Å². The lowest BCUT2D eigenvalue weighted by atomic mass is 9.89. The van der Waals surface area contributed by atoms with Crippen LogP contribution in [-0.4, -0.2) is 18.4 Å². The quantitative estimate of drug-likeness (QED) is 0.717. The molecule has 29 heavy (non-hydrogen) atoms. The van der Waals surface area contributed by atoms with Crippen molar-refractivity contribution >= 4 is 28.3 Å². The van der Waals surface area contributed by atoms with Gasteiger partial charge in [0, 0.05) is 10.9 Å². The number of hydrogen-bond acceptors (Lipinski definition) is 2. The summed E-state index contributed by atoms with van der Waals surface area (Å²) >= 11 is 0. The van der Waals surface area contributed by atoms with Crippen LogP contribution in [0.15, 0.2) is 54.6 Å². The van der Waals surface area contributed by atoms with Gasteiger partial charge in [0.15, 0.2) is 0 Å². The van der Waals surface area contributed by atoms with E-state index in [0.29, 0.717) is 5.56 Å². The Kier molecular flexibility index (Phi) is 4.35. The molecule has 0 aromatic heterocycles. The van der Waals surface area contributed by atoms with Gasteiger partial charge in [0.05, 0.1) is 11.7 Å². The first kappa shape index (κ1) is 17.9. The maximum Gasteiger partial charge on any atom is 0.259 e. The Morgan fingerprint density at radius 2 is 1.79 bits per heavy atom. The Bertz CT molecular complexity index is 1130. The highest BCUT2D eigenvalue weighted by Crippen LogP contribution is 2.37. The van der Waals surface area contributed by atoms with Gasteiger partial charge < -0.3 is 5.32 Å². The maximum atomic E-state index is 12.9. The van der Waals surface area contributed by atoms with Gasteiger partial charge in [-0.2, -0.15) is 0 Å². The molecule has 1 N–H and O–H groups in total. The average molecular weight is 384 g/mol. The van der Waals surface area contributed by atoms with Crippen LogP contribution in [0.5, 0.6) is 0 Å². The smallest absolute Gasteiger partial charge is 0.259 e. The number of carbonyl (C=O) groups excluding carboxylic acids is 2. The van der Waals surface area contributed by atoms with E-state index in [-0.39, 0.29) is 24.4 Å².